The summed E-state index contributed by atoms with van der Waals surface area (Å²) in [4.78, 5) is 17.5. The lowest BCUT2D eigenvalue weighted by molar-refractivity contribution is 0.148. The monoisotopic (exact) mass is 481 g/mol. The van der Waals surface area contributed by atoms with Crippen LogP contribution in [0.15, 0.2) is 60.9 Å². The SMILES string of the molecule is CN1CCN(Cc2ccc3nc(-c4ccc(Cl)c(C#Cc5cnc6cccnn56)c4)[nH]c3c2)CC1. The van der Waals surface area contributed by atoms with Crippen molar-refractivity contribution in [3.8, 4) is 23.2 Å². The van der Waals surface area contributed by atoms with E-state index in [1.807, 2.05) is 30.3 Å². The number of piperazine rings is 1. The van der Waals surface area contributed by atoms with Gasteiger partial charge in [0.2, 0.25) is 0 Å². The molecule has 6 rings (SSSR count). The average Bonchev–Trinajstić information content (AvgIpc) is 3.49. The van der Waals surface area contributed by atoms with Gasteiger partial charge in [-0.3, -0.25) is 4.90 Å². The van der Waals surface area contributed by atoms with E-state index in [9.17, 15) is 0 Å². The number of benzene rings is 2. The van der Waals surface area contributed by atoms with E-state index in [0.29, 0.717) is 10.7 Å². The first-order valence-electron chi connectivity index (χ1n) is 11.6. The van der Waals surface area contributed by atoms with E-state index in [4.69, 9.17) is 16.6 Å². The molecule has 174 valence electrons. The number of likely N-dealkylation sites (N-methyl/N-ethyl adjacent to an activating group) is 1. The molecule has 1 fully saturated rings. The van der Waals surface area contributed by atoms with Crippen LogP contribution in [-0.2, 0) is 6.54 Å². The molecule has 0 amide bonds. The van der Waals surface area contributed by atoms with Gasteiger partial charge in [0.25, 0.3) is 0 Å². The van der Waals surface area contributed by atoms with E-state index >= 15 is 0 Å². The molecule has 1 N–H and O–H groups in total. The largest absolute Gasteiger partial charge is 0.338 e. The molecule has 4 heterocycles. The Morgan fingerprint density at radius 3 is 2.80 bits per heavy atom. The van der Waals surface area contributed by atoms with Crippen LogP contribution in [0.5, 0.6) is 0 Å². The van der Waals surface area contributed by atoms with Gasteiger partial charge in [-0.1, -0.05) is 23.6 Å². The summed E-state index contributed by atoms with van der Waals surface area (Å²) in [5, 5.41) is 4.90. The van der Waals surface area contributed by atoms with Crippen LogP contribution in [0.3, 0.4) is 0 Å². The lowest BCUT2D eigenvalue weighted by Gasteiger charge is -2.32. The maximum Gasteiger partial charge on any atom is 0.154 e. The van der Waals surface area contributed by atoms with Crippen LogP contribution in [-0.4, -0.2) is 67.6 Å². The van der Waals surface area contributed by atoms with Crippen molar-refractivity contribution in [1.82, 2.24) is 34.4 Å². The lowest BCUT2D eigenvalue weighted by atomic mass is 10.1. The van der Waals surface area contributed by atoms with Crippen LogP contribution < -0.4 is 0 Å². The highest BCUT2D eigenvalue weighted by Crippen LogP contribution is 2.26. The third-order valence-electron chi connectivity index (χ3n) is 6.39. The van der Waals surface area contributed by atoms with Crippen LogP contribution in [0.4, 0.5) is 0 Å². The molecule has 0 radical (unpaired) electrons. The van der Waals surface area contributed by atoms with E-state index in [0.717, 1.165) is 66.4 Å². The molecular weight excluding hydrogens is 458 g/mol. The smallest absolute Gasteiger partial charge is 0.154 e. The van der Waals surface area contributed by atoms with Gasteiger partial charge in [0, 0.05) is 50.0 Å². The zero-order valence-corrected chi connectivity index (χ0v) is 20.1. The number of halogens is 1. The van der Waals surface area contributed by atoms with E-state index in [2.05, 4.69) is 62.0 Å². The van der Waals surface area contributed by atoms with Crippen LogP contribution in [0, 0.1) is 11.8 Å². The van der Waals surface area contributed by atoms with Crippen molar-refractivity contribution < 1.29 is 0 Å². The predicted octanol–water partition coefficient (Wildman–Crippen LogP) is 4.07. The van der Waals surface area contributed by atoms with Gasteiger partial charge in [-0.15, -0.1) is 0 Å². The molecule has 0 spiro atoms. The van der Waals surface area contributed by atoms with Crippen LogP contribution in [0.1, 0.15) is 16.8 Å². The van der Waals surface area contributed by atoms with Gasteiger partial charge in [0.15, 0.2) is 5.65 Å². The van der Waals surface area contributed by atoms with Gasteiger partial charge in [0.05, 0.1) is 22.3 Å². The number of rotatable bonds is 3. The van der Waals surface area contributed by atoms with Crippen molar-refractivity contribution in [3.05, 3.63) is 82.8 Å². The first kappa shape index (κ1) is 21.8. The number of fused-ring (bicyclic) bond motifs is 2. The average molecular weight is 482 g/mol. The topological polar surface area (TPSA) is 65.3 Å². The standard InChI is InChI=1S/C27H24ClN7/c1-33-11-13-34(14-12-33)18-19-4-9-24-25(15-19)32-27(31-24)21-6-8-23(28)20(16-21)5-7-22-17-29-26-3-2-10-30-35(22)26/h2-4,6,8-10,15-17H,11-14,18H2,1H3,(H,31,32). The molecule has 3 aromatic heterocycles. The summed E-state index contributed by atoms with van der Waals surface area (Å²) in [6.07, 6.45) is 3.43. The molecule has 35 heavy (non-hydrogen) atoms. The molecule has 0 unspecified atom stereocenters. The number of aromatic amines is 1. The van der Waals surface area contributed by atoms with E-state index in [-0.39, 0.29) is 0 Å². The second-order valence-corrected chi connectivity index (χ2v) is 9.31. The molecular formula is C27H24ClN7. The molecule has 0 aliphatic carbocycles. The first-order chi connectivity index (χ1) is 17.1. The minimum atomic E-state index is 0.591. The number of H-pyrrole nitrogens is 1. The van der Waals surface area contributed by atoms with Crippen molar-refractivity contribution in [1.29, 1.82) is 0 Å². The summed E-state index contributed by atoms with van der Waals surface area (Å²) in [5.74, 6) is 7.12. The number of hydrogen-bond donors (Lipinski definition) is 1. The summed E-state index contributed by atoms with van der Waals surface area (Å²) >= 11 is 6.46. The minimum Gasteiger partial charge on any atom is -0.338 e. The second kappa shape index (κ2) is 9.16. The molecule has 7 nitrogen and oxygen atoms in total. The highest BCUT2D eigenvalue weighted by Gasteiger charge is 2.15. The molecule has 1 aliphatic rings. The highest BCUT2D eigenvalue weighted by atomic mass is 35.5. The maximum absolute atomic E-state index is 6.46. The van der Waals surface area contributed by atoms with Crippen molar-refractivity contribution >= 4 is 28.3 Å². The molecule has 0 saturated carbocycles. The third-order valence-corrected chi connectivity index (χ3v) is 6.72. The van der Waals surface area contributed by atoms with Crippen molar-refractivity contribution in [2.75, 3.05) is 33.2 Å². The minimum absolute atomic E-state index is 0.591. The molecule has 1 aliphatic heterocycles. The molecule has 0 bridgehead atoms. The Balaban J connectivity index is 1.27. The zero-order valence-electron chi connectivity index (χ0n) is 19.4. The van der Waals surface area contributed by atoms with Crippen LogP contribution >= 0.6 is 11.6 Å². The Labute approximate surface area is 208 Å². The Hall–Kier alpha value is -3.70. The van der Waals surface area contributed by atoms with Gasteiger partial charge in [-0.2, -0.15) is 5.10 Å². The summed E-state index contributed by atoms with van der Waals surface area (Å²) < 4.78 is 1.71. The Bertz CT molecular complexity index is 1580. The van der Waals surface area contributed by atoms with Crippen LogP contribution in [0.2, 0.25) is 5.02 Å². The molecule has 8 heteroatoms. The molecule has 2 aromatic carbocycles. The fourth-order valence-electron chi connectivity index (χ4n) is 4.37. The predicted molar refractivity (Wildman–Crippen MR) is 138 cm³/mol. The van der Waals surface area contributed by atoms with Gasteiger partial charge in [0.1, 0.15) is 11.5 Å². The van der Waals surface area contributed by atoms with E-state index in [1.165, 1.54) is 5.56 Å². The fraction of sp³-hybridized carbons (Fsp3) is 0.222. The highest BCUT2D eigenvalue weighted by molar-refractivity contribution is 6.31. The number of nitrogens with zero attached hydrogens (tertiary/aromatic N) is 6. The number of hydrogen-bond acceptors (Lipinski definition) is 5. The van der Waals surface area contributed by atoms with Crippen LogP contribution in [0.25, 0.3) is 28.1 Å². The van der Waals surface area contributed by atoms with Gasteiger partial charge in [-0.05, 0) is 61.0 Å². The summed E-state index contributed by atoms with van der Waals surface area (Å²) in [6.45, 7) is 5.39. The normalized spacial score (nSPS) is 14.9. The maximum atomic E-state index is 6.46. The summed E-state index contributed by atoms with van der Waals surface area (Å²) in [5.41, 5.74) is 6.40. The molecule has 5 aromatic rings. The number of nitrogens with one attached hydrogen (secondary N) is 1. The Morgan fingerprint density at radius 2 is 1.91 bits per heavy atom. The Morgan fingerprint density at radius 1 is 1.03 bits per heavy atom. The van der Waals surface area contributed by atoms with Gasteiger partial charge in [-0.25, -0.2) is 14.5 Å². The molecule has 1 saturated heterocycles. The second-order valence-electron chi connectivity index (χ2n) is 8.90. The number of aromatic nitrogens is 5. The van der Waals surface area contributed by atoms with E-state index < -0.39 is 0 Å². The first-order valence-corrected chi connectivity index (χ1v) is 12.0. The quantitative estimate of drug-likeness (QED) is 0.393. The molecule has 0 atom stereocenters. The van der Waals surface area contributed by atoms with E-state index in [1.54, 1.807) is 16.9 Å². The Kier molecular flexibility index (Phi) is 5.71. The zero-order chi connectivity index (χ0) is 23.8. The fourth-order valence-corrected chi connectivity index (χ4v) is 4.54. The lowest BCUT2D eigenvalue weighted by Crippen LogP contribution is -2.43. The third kappa shape index (κ3) is 4.52. The summed E-state index contributed by atoms with van der Waals surface area (Å²) in [7, 11) is 2.18. The summed E-state index contributed by atoms with van der Waals surface area (Å²) in [6, 6.07) is 16.0. The van der Waals surface area contributed by atoms with Crippen molar-refractivity contribution in [3.63, 3.8) is 0 Å². The number of imidazole rings is 2. The van der Waals surface area contributed by atoms with Crippen molar-refractivity contribution in [2.45, 2.75) is 6.54 Å². The van der Waals surface area contributed by atoms with Gasteiger partial charge < -0.3 is 9.88 Å². The van der Waals surface area contributed by atoms with Gasteiger partial charge >= 0.3 is 0 Å². The van der Waals surface area contributed by atoms with Crippen molar-refractivity contribution in [2.24, 2.45) is 0 Å².